The molecule has 4 aromatic carbocycles. The molecule has 0 aliphatic carbocycles. The molecular formula is C36H28N2O6. The number of anilines is 1. The van der Waals surface area contributed by atoms with E-state index in [-0.39, 0.29) is 24.3 Å². The summed E-state index contributed by atoms with van der Waals surface area (Å²) in [6.07, 6.45) is 3.81. The Balaban J connectivity index is 1.41. The minimum absolute atomic E-state index is 0.0690. The van der Waals surface area contributed by atoms with E-state index in [1.54, 1.807) is 42.5 Å². The molecule has 218 valence electrons. The molecule has 0 unspecified atom stereocenters. The van der Waals surface area contributed by atoms with Crippen molar-refractivity contribution in [3.05, 3.63) is 125 Å². The first kappa shape index (κ1) is 26.3. The van der Waals surface area contributed by atoms with Crippen molar-refractivity contribution in [2.75, 3.05) is 18.7 Å². The third-order valence-corrected chi connectivity index (χ3v) is 9.23. The molecule has 1 spiro atoms. The van der Waals surface area contributed by atoms with Gasteiger partial charge in [0.25, 0.3) is 0 Å². The van der Waals surface area contributed by atoms with Gasteiger partial charge in [0.2, 0.25) is 12.7 Å². The number of nitrogens with zero attached hydrogens (tertiary/aromatic N) is 1. The van der Waals surface area contributed by atoms with E-state index in [4.69, 9.17) is 14.2 Å². The Kier molecular flexibility index (Phi) is 5.88. The summed E-state index contributed by atoms with van der Waals surface area (Å²) in [5, 5.41) is 3.08. The van der Waals surface area contributed by atoms with Crippen LogP contribution in [-0.4, -0.2) is 41.8 Å². The van der Waals surface area contributed by atoms with Gasteiger partial charge in [-0.3, -0.25) is 14.4 Å². The van der Waals surface area contributed by atoms with Crippen molar-refractivity contribution >= 4 is 29.2 Å². The number of nitrogens with one attached hydrogen (secondary N) is 1. The van der Waals surface area contributed by atoms with Gasteiger partial charge < -0.3 is 24.4 Å². The van der Waals surface area contributed by atoms with Gasteiger partial charge in [-0.2, -0.15) is 0 Å². The topological polar surface area (TPSA) is 94.2 Å². The van der Waals surface area contributed by atoms with Gasteiger partial charge in [0.05, 0.1) is 24.1 Å². The average molecular weight is 585 g/mol. The Hall–Kier alpha value is -5.37. The number of amides is 1. The Labute approximate surface area is 253 Å². The van der Waals surface area contributed by atoms with Crippen LogP contribution in [0.25, 0.3) is 6.08 Å². The first-order valence-electron chi connectivity index (χ1n) is 14.7. The fraction of sp³-hybridized carbons (Fsp3) is 0.194. The summed E-state index contributed by atoms with van der Waals surface area (Å²) in [6.45, 7) is 2.28. The monoisotopic (exact) mass is 584 g/mol. The number of carbonyl (C=O) groups excluding carboxylic acids is 3. The van der Waals surface area contributed by atoms with E-state index >= 15 is 4.79 Å². The standard InChI is InChI=1S/C36H28N2O6/c1-2-42-27-14-8-5-11-24(27)33(40)30-31(32(39)22-15-16-28-29(19-22)44-20-43-28)38-18-17-21-9-3-4-10-23(21)34(38)36(30)25-12-6-7-13-26(25)37-35(36)41/h3-19,30-31,34H,2,20H2,1H3,(H,37,41)/t30-,31-,34+,36+/m0/s1. The Morgan fingerprint density at radius 1 is 0.932 bits per heavy atom. The lowest BCUT2D eigenvalue weighted by atomic mass is 9.62. The molecule has 4 aliphatic heterocycles. The number of hydrogen-bond acceptors (Lipinski definition) is 7. The van der Waals surface area contributed by atoms with E-state index in [0.717, 1.165) is 11.1 Å². The molecule has 1 saturated heterocycles. The highest BCUT2D eigenvalue weighted by Crippen LogP contribution is 2.62. The molecule has 4 atom stereocenters. The second kappa shape index (κ2) is 9.84. The molecule has 0 aromatic heterocycles. The van der Waals surface area contributed by atoms with Gasteiger partial charge in [-0.25, -0.2) is 0 Å². The van der Waals surface area contributed by atoms with Crippen molar-refractivity contribution in [3.63, 3.8) is 0 Å². The SMILES string of the molecule is CCOc1ccccc1C(=O)[C@@H]1[C@@H](C(=O)c2ccc3c(c2)OCO3)N2C=Cc3ccccc3[C@@H]2[C@]12C(=O)Nc1ccccc12. The molecule has 8 nitrogen and oxygen atoms in total. The van der Waals surface area contributed by atoms with E-state index in [2.05, 4.69) is 5.32 Å². The van der Waals surface area contributed by atoms with Gasteiger partial charge >= 0.3 is 0 Å². The smallest absolute Gasteiger partial charge is 0.238 e. The molecule has 0 saturated carbocycles. The number of fused-ring (bicyclic) bond motifs is 7. The Morgan fingerprint density at radius 2 is 1.70 bits per heavy atom. The van der Waals surface area contributed by atoms with Gasteiger partial charge in [-0.05, 0) is 66.1 Å². The van der Waals surface area contributed by atoms with Crippen LogP contribution in [0.5, 0.6) is 17.2 Å². The summed E-state index contributed by atoms with van der Waals surface area (Å²) in [5.41, 5.74) is 2.40. The maximum atomic E-state index is 15.1. The first-order valence-corrected chi connectivity index (χ1v) is 14.7. The lowest BCUT2D eigenvalue weighted by Gasteiger charge is -2.38. The molecule has 8 heteroatoms. The molecular weight excluding hydrogens is 556 g/mol. The highest BCUT2D eigenvalue weighted by molar-refractivity contribution is 6.17. The van der Waals surface area contributed by atoms with Crippen LogP contribution in [0.2, 0.25) is 0 Å². The molecule has 8 rings (SSSR count). The Morgan fingerprint density at radius 3 is 2.59 bits per heavy atom. The zero-order valence-electron chi connectivity index (χ0n) is 23.9. The maximum absolute atomic E-state index is 15.1. The lowest BCUT2D eigenvalue weighted by Crippen LogP contribution is -2.49. The minimum atomic E-state index is -1.43. The van der Waals surface area contributed by atoms with Gasteiger partial charge in [-0.15, -0.1) is 0 Å². The van der Waals surface area contributed by atoms with E-state index in [0.29, 0.717) is 46.2 Å². The van der Waals surface area contributed by atoms with Crippen LogP contribution in [0.3, 0.4) is 0 Å². The molecule has 1 amide bonds. The number of benzene rings is 4. The molecule has 44 heavy (non-hydrogen) atoms. The van der Waals surface area contributed by atoms with Gasteiger partial charge in [0, 0.05) is 17.5 Å². The van der Waals surface area contributed by atoms with Crippen LogP contribution in [0.1, 0.15) is 50.4 Å². The summed E-state index contributed by atoms with van der Waals surface area (Å²) in [4.78, 5) is 46.5. The number of carbonyl (C=O) groups is 3. The summed E-state index contributed by atoms with van der Waals surface area (Å²) < 4.78 is 17.0. The minimum Gasteiger partial charge on any atom is -0.493 e. The van der Waals surface area contributed by atoms with E-state index in [9.17, 15) is 9.59 Å². The summed E-state index contributed by atoms with van der Waals surface area (Å²) in [6, 6.07) is 25.8. The predicted molar refractivity (Wildman–Crippen MR) is 163 cm³/mol. The fourth-order valence-electron chi connectivity index (χ4n) is 7.51. The van der Waals surface area contributed by atoms with Crippen molar-refractivity contribution < 1.29 is 28.6 Å². The normalized spacial score (nSPS) is 23.6. The van der Waals surface area contributed by atoms with Crippen molar-refractivity contribution in [1.29, 1.82) is 0 Å². The predicted octanol–water partition coefficient (Wildman–Crippen LogP) is 5.80. The summed E-state index contributed by atoms with van der Waals surface area (Å²) in [5.74, 6) is -0.612. The molecule has 0 bridgehead atoms. The lowest BCUT2D eigenvalue weighted by molar-refractivity contribution is -0.122. The van der Waals surface area contributed by atoms with Crippen molar-refractivity contribution in [2.45, 2.75) is 24.4 Å². The van der Waals surface area contributed by atoms with E-state index in [1.165, 1.54) is 0 Å². The number of ether oxygens (including phenoxy) is 3. The molecule has 4 aromatic rings. The molecule has 0 radical (unpaired) electrons. The second-order valence-electron chi connectivity index (χ2n) is 11.3. The largest absolute Gasteiger partial charge is 0.493 e. The summed E-state index contributed by atoms with van der Waals surface area (Å²) >= 11 is 0. The zero-order chi connectivity index (χ0) is 30.0. The molecule has 4 heterocycles. The molecule has 1 N–H and O–H groups in total. The fourth-order valence-corrected chi connectivity index (χ4v) is 7.51. The van der Waals surface area contributed by atoms with Crippen LogP contribution in [0.15, 0.2) is 97.2 Å². The van der Waals surface area contributed by atoms with Crippen LogP contribution >= 0.6 is 0 Å². The number of Topliss-reactive ketones (excluding diaryl/α,β-unsaturated/α-hetero) is 2. The quantitative estimate of drug-likeness (QED) is 0.287. The third kappa shape index (κ3) is 3.54. The Bertz CT molecular complexity index is 1900. The van der Waals surface area contributed by atoms with Crippen LogP contribution in [0, 0.1) is 5.92 Å². The average Bonchev–Trinajstić information content (AvgIpc) is 3.74. The van der Waals surface area contributed by atoms with Crippen LogP contribution in [0.4, 0.5) is 5.69 Å². The number of hydrogen-bond donors (Lipinski definition) is 1. The van der Waals surface area contributed by atoms with Gasteiger partial charge in [0.15, 0.2) is 23.1 Å². The van der Waals surface area contributed by atoms with E-state index < -0.39 is 23.4 Å². The highest BCUT2D eigenvalue weighted by Gasteiger charge is 2.71. The number of rotatable bonds is 6. The van der Waals surface area contributed by atoms with Crippen LogP contribution in [-0.2, 0) is 10.2 Å². The van der Waals surface area contributed by atoms with Crippen molar-refractivity contribution in [1.82, 2.24) is 4.90 Å². The zero-order valence-corrected chi connectivity index (χ0v) is 23.9. The highest BCUT2D eigenvalue weighted by atomic mass is 16.7. The maximum Gasteiger partial charge on any atom is 0.238 e. The molecule has 4 aliphatic rings. The number of ketones is 2. The van der Waals surface area contributed by atoms with Crippen LogP contribution < -0.4 is 19.5 Å². The van der Waals surface area contributed by atoms with Crippen molar-refractivity contribution in [3.8, 4) is 17.2 Å². The molecule has 1 fully saturated rings. The van der Waals surface area contributed by atoms with Crippen molar-refractivity contribution in [2.24, 2.45) is 5.92 Å². The third-order valence-electron chi connectivity index (χ3n) is 9.23. The second-order valence-corrected chi connectivity index (χ2v) is 11.3. The number of para-hydroxylation sites is 2. The van der Waals surface area contributed by atoms with E-state index in [1.807, 2.05) is 72.6 Å². The van der Waals surface area contributed by atoms with Gasteiger partial charge in [-0.1, -0.05) is 54.6 Å². The first-order chi connectivity index (χ1) is 21.5. The van der Waals surface area contributed by atoms with Gasteiger partial charge in [0.1, 0.15) is 17.2 Å². The summed E-state index contributed by atoms with van der Waals surface area (Å²) in [7, 11) is 0.